The molecule has 6 heterocycles. The molecule has 3 saturated heterocycles. The molecule has 596 valence electrons. The summed E-state index contributed by atoms with van der Waals surface area (Å²) in [4.78, 5) is 0. The first-order chi connectivity index (χ1) is 53.6. The summed E-state index contributed by atoms with van der Waals surface area (Å²) in [7, 11) is -7.27. The van der Waals surface area contributed by atoms with E-state index in [1.807, 2.05) is 111 Å². The number of hydrogen-bond donors (Lipinski definition) is 1. The molecule has 8 aromatic carbocycles. The van der Waals surface area contributed by atoms with Gasteiger partial charge < -0.3 is 23.7 Å². The van der Waals surface area contributed by atoms with Crippen LogP contribution in [0.4, 0.5) is 26.3 Å². The molecule has 14 nitrogen and oxygen atoms in total. The van der Waals surface area contributed by atoms with Crippen molar-refractivity contribution in [2.45, 2.75) is 162 Å². The maximum absolute atomic E-state index is 15.8. The van der Waals surface area contributed by atoms with Crippen LogP contribution in [0.2, 0.25) is 15.1 Å². The van der Waals surface area contributed by atoms with E-state index in [4.69, 9.17) is 58.5 Å². The molecule has 0 spiro atoms. The summed E-state index contributed by atoms with van der Waals surface area (Å²) in [6.07, 6.45) is 7.08. The van der Waals surface area contributed by atoms with Crippen LogP contribution in [0.5, 0.6) is 28.7 Å². The molecule has 6 aliphatic heterocycles. The van der Waals surface area contributed by atoms with Gasteiger partial charge in [0.05, 0.1) is 50.3 Å². The van der Waals surface area contributed by atoms with Gasteiger partial charge in [-0.15, -0.1) is 0 Å². The van der Waals surface area contributed by atoms with Gasteiger partial charge in [0, 0.05) is 97.0 Å². The smallest absolute Gasteiger partial charge is 0.217 e. The fourth-order valence-corrected chi connectivity index (χ4v) is 27.3. The molecule has 14 atom stereocenters. The van der Waals surface area contributed by atoms with Crippen LogP contribution >= 0.6 is 34.8 Å². The van der Waals surface area contributed by atoms with E-state index >= 15 is 17.6 Å². The monoisotopic (exact) mass is 1660 g/mol. The van der Waals surface area contributed by atoms with Gasteiger partial charge in [0.15, 0.2) is 34.7 Å². The van der Waals surface area contributed by atoms with Crippen molar-refractivity contribution in [1.82, 2.24) is 13.3 Å². The Morgan fingerprint density at radius 2 is 0.777 bits per heavy atom. The number of ether oxygens (including phenoxy) is 5. The molecule has 0 unspecified atom stereocenters. The Morgan fingerprint density at radius 1 is 0.429 bits per heavy atom. The topological polar surface area (TPSA) is 167 Å². The van der Waals surface area contributed by atoms with Crippen LogP contribution in [0, 0.1) is 70.4 Å². The van der Waals surface area contributed by atoms with Gasteiger partial charge in [0.25, 0.3) is 0 Å². The SMILES string of the molecule is CC[C@@H]1C[C@@H]2[C@@H](CC[C@@]3(Cc4ccc(Cl)cc4)c4c(F)ccc(F)c4OC[C@@H]23)N(Cc2ccc(OC)cc2)S1(=O)=O.CC[C@@H]1C[C@@H]2[C@@H](CC[C@@]3(Cc4ccc(Cl)cc4)c4c(F)ccc(F)c4OC[C@@H]23)NS1(=O)=O.COc1ccc(CN2[C@@H]3CC[C@@]4(Cc5ccc(Cl)cc5)c5c(F)ccc(F)c5OC[C@H]4[C@@H]3CCS2(=O)=O)cc1. The quantitative estimate of drug-likeness (QED) is 0.103. The van der Waals surface area contributed by atoms with Crippen LogP contribution in [0.25, 0.3) is 0 Å². The summed E-state index contributed by atoms with van der Waals surface area (Å²) in [5, 5.41) is 0.769. The predicted octanol–water partition coefficient (Wildman–Crippen LogP) is 18.0. The molecular formula is C86H90Cl3F6N3O11S3. The summed E-state index contributed by atoms with van der Waals surface area (Å²) in [6.45, 7) is 4.93. The highest BCUT2D eigenvalue weighted by molar-refractivity contribution is 7.90. The van der Waals surface area contributed by atoms with E-state index < -0.39 is 91.7 Å². The molecule has 0 radical (unpaired) electrons. The van der Waals surface area contributed by atoms with Crippen molar-refractivity contribution in [1.29, 1.82) is 0 Å². The van der Waals surface area contributed by atoms with Crippen molar-refractivity contribution in [3.63, 3.8) is 0 Å². The first-order valence-electron chi connectivity index (χ1n) is 38.5. The molecule has 9 aliphatic rings. The number of halogens is 9. The zero-order valence-electron chi connectivity index (χ0n) is 62.5. The van der Waals surface area contributed by atoms with Gasteiger partial charge in [0.2, 0.25) is 30.1 Å². The third-order valence-electron chi connectivity index (χ3n) is 26.3. The Labute approximate surface area is 666 Å². The van der Waals surface area contributed by atoms with E-state index in [9.17, 15) is 34.0 Å². The molecule has 0 aromatic heterocycles. The lowest BCUT2D eigenvalue weighted by atomic mass is 9.53. The number of rotatable bonds is 14. The standard InChI is InChI=1S/C32H34ClF2NO4S.C30H30ClF2NO4S.C24H26ClF2NO3S/c1-3-24-16-25-26-19-40-31-28(35)13-12-27(34)30(31)32(26,17-20-4-8-22(33)9-5-20)15-14-29(25)36(41(24,37)38)18-21-6-10-23(39-2)11-7-21;1-37-22-8-4-20(5-9-22)17-34-27-12-14-30(16-19-2-6-21(31)7-3-19)24(23(27)13-15-39(34,35)36)18-38-29-26(33)11-10-25(32)28(29)30;1-2-16-11-17-18-13-31-23-20(27)8-7-19(26)22(23)24(18,10-9-21(17)28-32(16,29)30)12-14-3-5-15(25)6-4-14/h4-13,24-26,29H,3,14-19H2,1-2H3;2-11,23-24,27H,12-18H2,1H3;3-8,16-18,21,28H,2,9-13H2,1H3/t24-,25+,26+,29-,32+;23-,24-,27+,30-;16-,17+,18+,21-,24+/m101/s1. The van der Waals surface area contributed by atoms with Gasteiger partial charge in [-0.25, -0.2) is 56.3 Å². The largest absolute Gasteiger partial charge is 0.497 e. The highest BCUT2D eigenvalue weighted by Gasteiger charge is 2.63. The number of methoxy groups -OCH3 is 2. The summed E-state index contributed by atoms with van der Waals surface area (Å²) in [5.74, 6) is -2.46. The maximum Gasteiger partial charge on any atom is 0.217 e. The minimum atomic E-state index is -3.58. The van der Waals surface area contributed by atoms with Crippen molar-refractivity contribution >= 4 is 64.9 Å². The molecular weight excluding hydrogens is 1570 g/mol. The first-order valence-corrected chi connectivity index (χ1v) is 44.3. The number of hydrogen-bond acceptors (Lipinski definition) is 11. The van der Waals surface area contributed by atoms with E-state index in [-0.39, 0.29) is 121 Å². The minimum Gasteiger partial charge on any atom is -0.497 e. The Balaban J connectivity index is 0.000000134. The second-order valence-corrected chi connectivity index (χ2v) is 39.3. The molecule has 1 N–H and O–H groups in total. The molecule has 3 saturated carbocycles. The maximum atomic E-state index is 15.8. The Bertz CT molecular complexity index is 5160. The molecule has 26 heteroatoms. The Morgan fingerprint density at radius 3 is 1.18 bits per heavy atom. The molecule has 17 rings (SSSR count). The van der Waals surface area contributed by atoms with E-state index in [0.29, 0.717) is 122 Å². The van der Waals surface area contributed by atoms with Crippen molar-refractivity contribution in [3.8, 4) is 28.7 Å². The van der Waals surface area contributed by atoms with Crippen LogP contribution in [-0.4, -0.2) is 102 Å². The van der Waals surface area contributed by atoms with Crippen LogP contribution in [0.3, 0.4) is 0 Å². The highest BCUT2D eigenvalue weighted by atomic mass is 35.5. The second kappa shape index (κ2) is 31.9. The normalized spacial score (nSPS) is 29.5. The lowest BCUT2D eigenvalue weighted by Crippen LogP contribution is -2.63. The molecule has 3 aliphatic carbocycles. The van der Waals surface area contributed by atoms with Crippen LogP contribution < -0.4 is 28.4 Å². The lowest BCUT2D eigenvalue weighted by molar-refractivity contribution is -0.0171. The van der Waals surface area contributed by atoms with Gasteiger partial charge in [-0.1, -0.05) is 109 Å². The molecule has 0 amide bonds. The van der Waals surface area contributed by atoms with E-state index in [1.54, 1.807) is 47.1 Å². The van der Waals surface area contributed by atoms with Crippen LogP contribution in [-0.2, 0) is 78.7 Å². The Hall–Kier alpha value is -7.06. The zero-order valence-corrected chi connectivity index (χ0v) is 67.2. The summed E-state index contributed by atoms with van der Waals surface area (Å²) in [6, 6.07) is 43.4. The van der Waals surface area contributed by atoms with Crippen molar-refractivity contribution in [3.05, 3.63) is 252 Å². The minimum absolute atomic E-state index is 0.00269. The number of benzene rings is 8. The molecule has 0 bridgehead atoms. The fourth-order valence-electron chi connectivity index (χ4n) is 21.1. The van der Waals surface area contributed by atoms with E-state index in [2.05, 4.69) is 4.72 Å². The van der Waals surface area contributed by atoms with Crippen molar-refractivity contribution < 1.29 is 75.3 Å². The average Bonchev–Trinajstić information content (AvgIpc) is 0.718. The summed E-state index contributed by atoms with van der Waals surface area (Å²) in [5.41, 5.74) is 3.36. The second-order valence-electron chi connectivity index (χ2n) is 31.8. The molecule has 112 heavy (non-hydrogen) atoms. The number of nitrogens with one attached hydrogen (secondary N) is 1. The summed E-state index contributed by atoms with van der Waals surface area (Å²) >= 11 is 18.4. The van der Waals surface area contributed by atoms with Crippen molar-refractivity contribution in [2.75, 3.05) is 39.8 Å². The molecule has 6 fully saturated rings. The zero-order chi connectivity index (χ0) is 79.0. The number of nitrogens with zero attached hydrogens (tertiary/aromatic N) is 2. The van der Waals surface area contributed by atoms with Crippen LogP contribution in [0.15, 0.2) is 158 Å². The number of fused-ring (bicyclic) bond motifs is 15. The highest BCUT2D eigenvalue weighted by Crippen LogP contribution is 2.62. The fraction of sp³-hybridized carbons (Fsp3) is 0.442. The Kier molecular flexibility index (Phi) is 22.8. The lowest BCUT2D eigenvalue weighted by Gasteiger charge is -2.58. The summed E-state index contributed by atoms with van der Waals surface area (Å²) < 4.78 is 206. The third kappa shape index (κ3) is 14.8. The van der Waals surface area contributed by atoms with Crippen LogP contribution in [0.1, 0.15) is 129 Å². The van der Waals surface area contributed by atoms with Crippen molar-refractivity contribution in [2.24, 2.45) is 35.5 Å². The predicted molar refractivity (Wildman–Crippen MR) is 420 cm³/mol. The number of sulfonamides is 3. The molecule has 8 aromatic rings. The van der Waals surface area contributed by atoms with E-state index in [1.165, 1.54) is 18.2 Å². The van der Waals surface area contributed by atoms with E-state index in [0.717, 1.165) is 46.0 Å². The van der Waals surface area contributed by atoms with Gasteiger partial charge in [-0.3, -0.25) is 0 Å². The third-order valence-corrected chi connectivity index (χ3v) is 33.4. The average molecular weight is 1660 g/mol. The van der Waals surface area contributed by atoms with Gasteiger partial charge in [-0.05, 0) is 233 Å². The van der Waals surface area contributed by atoms with Gasteiger partial charge >= 0.3 is 0 Å². The first kappa shape index (κ1) is 80.1. The van der Waals surface area contributed by atoms with Gasteiger partial charge in [-0.2, -0.15) is 8.61 Å². The van der Waals surface area contributed by atoms with Gasteiger partial charge in [0.1, 0.15) is 29.0 Å².